The Kier molecular flexibility index (Phi) is 41.0. The fourth-order valence-corrected chi connectivity index (χ4v) is 19.7. The number of hydrazine groups is 1. The Morgan fingerprint density at radius 2 is 0.776 bits per heavy atom. The van der Waals surface area contributed by atoms with Crippen molar-refractivity contribution in [3.8, 4) is 0 Å². The minimum Gasteiger partial charge on any atom is -0.353 e. The molecule has 0 aliphatic carbocycles. The normalized spacial score (nSPS) is 13.1. The number of fused-ring (bicyclic) bond motifs is 10. The van der Waals surface area contributed by atoms with Crippen LogP contribution in [-0.4, -0.2) is 116 Å². The van der Waals surface area contributed by atoms with Crippen molar-refractivity contribution in [2.45, 2.75) is 256 Å². The van der Waals surface area contributed by atoms with Crippen LogP contribution in [0.25, 0.3) is 108 Å². The summed E-state index contributed by atoms with van der Waals surface area (Å²) in [5.41, 5.74) is 9.41. The van der Waals surface area contributed by atoms with E-state index in [2.05, 4.69) is 302 Å². The number of nitrogens with one attached hydrogen (secondary N) is 8. The number of Topliss-reactive ketones (excluding diaryl/α,β-unsaturated/α-hetero) is 1. The van der Waals surface area contributed by atoms with Gasteiger partial charge in [-0.2, -0.15) is 0 Å². The molecule has 0 fully saturated rings. The largest absolute Gasteiger partial charge is 0.353 e. The van der Waals surface area contributed by atoms with Gasteiger partial charge in [0, 0.05) is 105 Å². The monoisotopic (exact) mass is 1890 g/mol. The summed E-state index contributed by atoms with van der Waals surface area (Å²) in [6, 6.07) is 96.5. The fraction of sp³-hybridized carbons (Fsp3) is 0.362. The van der Waals surface area contributed by atoms with Crippen LogP contribution >= 0.6 is 7.37 Å². The Hall–Kier alpha value is -10.2. The molecule has 15 aromatic rings. The number of para-hydroxylation sites is 2. The van der Waals surface area contributed by atoms with Gasteiger partial charge in [-0.05, 0) is 231 Å². The van der Waals surface area contributed by atoms with Crippen molar-refractivity contribution in [2.75, 3.05) is 6.16 Å². The SMILES string of the molecule is CC(C)CP(=O)(O)C(Cc1c2ccccc2cc2ccccc12)NC(C)C.CC(C)NC(=O)C(C)(Cc1c2ccccc2cc2ccccc12)NC(C)C.CC(C)NC(=O)C(CCc1c2ccccc2nc2ccccc12)NC(C)C.CC(C)NC(=O)N(Cc1c2ccccc2cc2ccccc12)NC(C)C.[CH2-]C(NC(C)C)C(=O)CC(C)C.[Y].[c-]1c2ccccc2cc2ccccc12. The maximum atomic E-state index is 13.2. The summed E-state index contributed by atoms with van der Waals surface area (Å²) in [5, 5.41) is 45.7. The number of carbonyl (C=O) groups is 4. The fourth-order valence-electron chi connectivity index (χ4n) is 17.4. The zero-order chi connectivity index (χ0) is 96.4. The molecular formula is C116H145N10O6PY-2. The van der Waals surface area contributed by atoms with E-state index >= 15 is 0 Å². The number of benzene rings is 14. The number of rotatable bonds is 30. The van der Waals surface area contributed by atoms with Crippen molar-refractivity contribution in [3.63, 3.8) is 0 Å². The van der Waals surface area contributed by atoms with Gasteiger partial charge < -0.3 is 53.8 Å². The number of urea groups is 1. The number of nitrogens with zero attached hydrogens (tertiary/aromatic N) is 2. The summed E-state index contributed by atoms with van der Waals surface area (Å²) < 4.78 is 13.2. The van der Waals surface area contributed by atoms with Gasteiger partial charge in [-0.25, -0.2) is 15.2 Å². The van der Waals surface area contributed by atoms with Crippen LogP contribution < -0.4 is 42.6 Å². The van der Waals surface area contributed by atoms with Crippen LogP contribution in [0.1, 0.15) is 180 Å². The molecule has 9 N–H and O–H groups in total. The Balaban J connectivity index is 0.000000184. The molecule has 134 heavy (non-hydrogen) atoms. The van der Waals surface area contributed by atoms with Gasteiger partial charge in [-0.15, -0.1) is 35.0 Å². The molecule has 0 saturated heterocycles. The number of aromatic nitrogens is 1. The molecule has 1 heterocycles. The molecule has 16 nitrogen and oxygen atoms in total. The van der Waals surface area contributed by atoms with Crippen molar-refractivity contribution >= 4 is 139 Å². The summed E-state index contributed by atoms with van der Waals surface area (Å²) in [7, 11) is -3.35. The van der Waals surface area contributed by atoms with Crippen molar-refractivity contribution in [3.05, 3.63) is 302 Å². The van der Waals surface area contributed by atoms with Crippen LogP contribution in [0.3, 0.4) is 0 Å². The topological polar surface area (TPSA) is 218 Å². The van der Waals surface area contributed by atoms with Gasteiger partial charge in [0.05, 0.1) is 34.9 Å². The molecule has 0 aliphatic heterocycles. The van der Waals surface area contributed by atoms with E-state index in [1.165, 1.54) is 97.3 Å². The quantitative estimate of drug-likeness (QED) is 0.00889. The van der Waals surface area contributed by atoms with Gasteiger partial charge in [0.1, 0.15) is 5.78 Å². The number of amides is 4. The van der Waals surface area contributed by atoms with Crippen molar-refractivity contribution in [1.29, 1.82) is 0 Å². The minimum atomic E-state index is -3.35. The molecule has 705 valence electrons. The molecule has 1 radical (unpaired) electrons. The average Bonchev–Trinajstić information content (AvgIpc) is 0.757. The number of carbonyl (C=O) groups excluding carboxylic acids is 4. The third-order valence-corrected chi connectivity index (χ3v) is 25.4. The molecule has 4 amide bonds. The number of hydrogen-bond acceptors (Lipinski definition) is 11. The second kappa shape index (κ2) is 51.1. The van der Waals surface area contributed by atoms with Crippen LogP contribution in [0.4, 0.5) is 4.79 Å². The van der Waals surface area contributed by atoms with Gasteiger partial charge in [0.25, 0.3) is 0 Å². The third kappa shape index (κ3) is 30.9. The second-order valence-corrected chi connectivity index (χ2v) is 41.3. The van der Waals surface area contributed by atoms with E-state index in [1.807, 2.05) is 166 Å². The van der Waals surface area contributed by atoms with E-state index in [0.29, 0.717) is 43.9 Å². The minimum absolute atomic E-state index is 0. The maximum Gasteiger partial charge on any atom is 0.332 e. The van der Waals surface area contributed by atoms with E-state index in [-0.39, 0.29) is 117 Å². The zero-order valence-electron chi connectivity index (χ0n) is 83.0. The number of ketones is 1. The predicted molar refractivity (Wildman–Crippen MR) is 566 cm³/mol. The van der Waals surface area contributed by atoms with Crippen LogP contribution in [0.2, 0.25) is 0 Å². The molecule has 0 aliphatic rings. The van der Waals surface area contributed by atoms with Crippen LogP contribution in [-0.2, 0) is 77.5 Å². The van der Waals surface area contributed by atoms with Gasteiger partial charge in [0.2, 0.25) is 19.2 Å². The molecule has 0 saturated carbocycles. The number of aryl methyl sites for hydroxylation is 1. The van der Waals surface area contributed by atoms with Gasteiger partial charge in [0.15, 0.2) is 0 Å². The summed E-state index contributed by atoms with van der Waals surface area (Å²) >= 11 is 0. The predicted octanol–water partition coefficient (Wildman–Crippen LogP) is 25.2. The van der Waals surface area contributed by atoms with Gasteiger partial charge >= 0.3 is 6.03 Å². The van der Waals surface area contributed by atoms with Crippen LogP contribution in [0.15, 0.2) is 267 Å². The van der Waals surface area contributed by atoms with E-state index in [4.69, 9.17) is 4.98 Å². The molecule has 5 unspecified atom stereocenters. The maximum absolute atomic E-state index is 13.2. The molecule has 5 atom stereocenters. The average molecular weight is 1900 g/mol. The summed E-state index contributed by atoms with van der Waals surface area (Å²) in [6.45, 7) is 46.8. The van der Waals surface area contributed by atoms with Gasteiger partial charge in [-0.3, -0.25) is 19.2 Å². The van der Waals surface area contributed by atoms with E-state index in [1.54, 1.807) is 5.01 Å². The molecule has 0 bridgehead atoms. The summed E-state index contributed by atoms with van der Waals surface area (Å²) in [5.74, 6) is 0.481. The van der Waals surface area contributed by atoms with Crippen molar-refractivity contribution < 1.29 is 61.3 Å². The molecular weight excluding hydrogens is 1750 g/mol. The first-order valence-electron chi connectivity index (χ1n) is 47.8. The second-order valence-electron chi connectivity index (χ2n) is 38.8. The Labute approximate surface area is 822 Å². The Morgan fingerprint density at radius 3 is 1.16 bits per heavy atom. The van der Waals surface area contributed by atoms with Gasteiger partial charge in [-0.1, -0.05) is 304 Å². The van der Waals surface area contributed by atoms with Crippen LogP contribution in [0, 0.1) is 24.8 Å². The first-order chi connectivity index (χ1) is 63.3. The molecule has 1 aromatic heterocycles. The summed E-state index contributed by atoms with van der Waals surface area (Å²) in [4.78, 5) is 65.5. The Morgan fingerprint density at radius 1 is 0.410 bits per heavy atom. The number of pyridine rings is 1. The third-order valence-electron chi connectivity index (χ3n) is 22.8. The van der Waals surface area contributed by atoms with Crippen molar-refractivity contribution in [1.82, 2.24) is 52.6 Å². The zero-order valence-corrected chi connectivity index (χ0v) is 86.7. The first kappa shape index (κ1) is 107. The smallest absolute Gasteiger partial charge is 0.332 e. The molecule has 0 spiro atoms. The summed E-state index contributed by atoms with van der Waals surface area (Å²) in [6.07, 6.45) is 3.69. The molecule has 15 rings (SSSR count). The number of hydrogen-bond donors (Lipinski definition) is 9. The van der Waals surface area contributed by atoms with Crippen molar-refractivity contribution in [2.24, 2.45) is 11.8 Å². The van der Waals surface area contributed by atoms with E-state index in [9.17, 15) is 28.6 Å². The molecule has 18 heteroatoms. The van der Waals surface area contributed by atoms with E-state index < -0.39 is 18.7 Å². The van der Waals surface area contributed by atoms with Crippen LogP contribution in [0.5, 0.6) is 0 Å². The Bertz CT molecular complexity index is 6130. The first-order valence-corrected chi connectivity index (χ1v) is 49.7. The standard InChI is InChI=1S/C24H30N2O.C23H29N3O.C23H30NO2P.C22H27N3O.C14H9.C10H20NO.Y/c1-16(2)25-23(27)24(5,26-17(3)4)15-22-20-12-8-6-10-18(20)14-19-11-7-9-13-21(19)22;1-15(2)24-22(23(27)25-16(3)4)14-13-17-18-9-5-7-11-20(18)26-21-12-8-6-10-19(17)21;1-16(2)15-27(25,26)23(24-17(3)4)14-22-20-11-7-5-9-18(20)13-19-10-6-8-12-21(19)22;1-15(2)23-22(26)25(24-16(3)4)14-21-19-11-7-5-9-17(19)13-18-10-6-8-12-20(18)21;1-2-6-12-10-14-8-4-3-7-13(14)9-11(12)5-1;1-7(2)6-10(12)9(5)11-8(3)4;/h6-14,16-17,26H,15H2,1-5H3,(H,25,27);5-12,15-16,22,24H,13-14H2,1-4H3,(H,25,27);5-13,16-17,23-24H,14-15H2,1-4H3,(H,25,26);5-13,15-16,24H,14H2,1-4H3,(H,23,26);1-9H;7-9,11H,5-6H2,1-4H3;/q;;;;2*-1;. The molecule has 14 aromatic carbocycles. The van der Waals surface area contributed by atoms with E-state index in [0.717, 1.165) is 45.8 Å².